The monoisotopic (exact) mass is 287 g/mol. The van der Waals surface area contributed by atoms with Gasteiger partial charge >= 0.3 is 0 Å². The second kappa shape index (κ2) is 5.19. The Balaban J connectivity index is 2.10. The van der Waals surface area contributed by atoms with Gasteiger partial charge < -0.3 is 0 Å². The summed E-state index contributed by atoms with van der Waals surface area (Å²) in [6.07, 6.45) is 1.82. The average molecular weight is 288 g/mol. The maximum atomic E-state index is 12.3. The van der Waals surface area contributed by atoms with Crippen molar-refractivity contribution in [2.75, 3.05) is 13.6 Å². The average Bonchev–Trinajstić information content (AvgIpc) is 2.26. The summed E-state index contributed by atoms with van der Waals surface area (Å²) >= 11 is 5.91. The minimum Gasteiger partial charge on any atom is -0.207 e. The zero-order valence-electron chi connectivity index (χ0n) is 10.6. The normalized spacial score (nSPS) is 24.0. The predicted octanol–water partition coefficient (Wildman–Crippen LogP) is 2.63. The molecule has 1 saturated carbocycles. The van der Waals surface area contributed by atoms with E-state index in [1.54, 1.807) is 25.2 Å². The summed E-state index contributed by atoms with van der Waals surface area (Å²) in [5, 5.41) is 0.227. The molecule has 1 fully saturated rings. The van der Waals surface area contributed by atoms with E-state index in [0.717, 1.165) is 18.4 Å². The molecule has 0 N–H and O–H groups in total. The van der Waals surface area contributed by atoms with E-state index in [9.17, 15) is 8.42 Å². The SMILES string of the molecule is Cc1cccc(S(=O)(=O)N(C)CC2CC(Cl)C2)c1. The van der Waals surface area contributed by atoms with Gasteiger partial charge in [-0.05, 0) is 43.4 Å². The fourth-order valence-corrected chi connectivity index (χ4v) is 4.08. The molecule has 3 nitrogen and oxygen atoms in total. The minimum absolute atomic E-state index is 0.227. The van der Waals surface area contributed by atoms with Crippen LogP contribution in [-0.2, 0) is 10.0 Å². The second-order valence-corrected chi connectivity index (χ2v) is 7.70. The fraction of sp³-hybridized carbons (Fsp3) is 0.538. The second-order valence-electron chi connectivity index (χ2n) is 5.04. The van der Waals surface area contributed by atoms with Crippen LogP contribution in [0.4, 0.5) is 0 Å². The smallest absolute Gasteiger partial charge is 0.207 e. The van der Waals surface area contributed by atoms with Gasteiger partial charge in [-0.25, -0.2) is 12.7 Å². The zero-order chi connectivity index (χ0) is 13.3. The first-order valence-electron chi connectivity index (χ1n) is 6.06. The van der Waals surface area contributed by atoms with E-state index in [4.69, 9.17) is 11.6 Å². The van der Waals surface area contributed by atoms with Crippen LogP contribution in [-0.4, -0.2) is 31.7 Å². The highest BCUT2D eigenvalue weighted by atomic mass is 35.5. The van der Waals surface area contributed by atoms with Gasteiger partial charge in [0.15, 0.2) is 0 Å². The lowest BCUT2D eigenvalue weighted by Gasteiger charge is -2.33. The third-order valence-corrected chi connectivity index (χ3v) is 5.57. The van der Waals surface area contributed by atoms with Gasteiger partial charge in [0.25, 0.3) is 0 Å². The largest absolute Gasteiger partial charge is 0.242 e. The Morgan fingerprint density at radius 1 is 1.39 bits per heavy atom. The molecule has 0 amide bonds. The highest BCUT2D eigenvalue weighted by Gasteiger charge is 2.31. The van der Waals surface area contributed by atoms with E-state index in [0.29, 0.717) is 17.4 Å². The Labute approximate surface area is 114 Å². The van der Waals surface area contributed by atoms with Crippen molar-refractivity contribution >= 4 is 21.6 Å². The minimum atomic E-state index is -3.36. The molecular formula is C13H18ClNO2S. The Bertz CT molecular complexity index is 524. The van der Waals surface area contributed by atoms with Gasteiger partial charge in [0.2, 0.25) is 10.0 Å². The van der Waals surface area contributed by atoms with E-state index < -0.39 is 10.0 Å². The maximum absolute atomic E-state index is 12.3. The van der Waals surface area contributed by atoms with Crippen LogP contribution >= 0.6 is 11.6 Å². The van der Waals surface area contributed by atoms with E-state index >= 15 is 0 Å². The van der Waals surface area contributed by atoms with E-state index in [1.807, 2.05) is 13.0 Å². The van der Waals surface area contributed by atoms with Crippen molar-refractivity contribution in [3.63, 3.8) is 0 Å². The molecular weight excluding hydrogens is 270 g/mol. The van der Waals surface area contributed by atoms with Gasteiger partial charge in [0.05, 0.1) is 4.90 Å². The number of hydrogen-bond donors (Lipinski definition) is 0. The van der Waals surface area contributed by atoms with Crippen LogP contribution in [0.1, 0.15) is 18.4 Å². The van der Waals surface area contributed by atoms with Crippen molar-refractivity contribution < 1.29 is 8.42 Å². The number of nitrogens with zero attached hydrogens (tertiary/aromatic N) is 1. The van der Waals surface area contributed by atoms with E-state index in [1.165, 1.54) is 4.31 Å². The van der Waals surface area contributed by atoms with E-state index in [-0.39, 0.29) is 5.38 Å². The molecule has 0 heterocycles. The van der Waals surface area contributed by atoms with E-state index in [2.05, 4.69) is 0 Å². The third kappa shape index (κ3) is 2.87. The molecule has 0 unspecified atom stereocenters. The van der Waals surface area contributed by atoms with Crippen LogP contribution in [0.25, 0.3) is 0 Å². The highest BCUT2D eigenvalue weighted by molar-refractivity contribution is 7.89. The first-order valence-corrected chi connectivity index (χ1v) is 7.94. The zero-order valence-corrected chi connectivity index (χ0v) is 12.2. The molecule has 100 valence electrons. The molecule has 2 rings (SSSR count). The number of halogens is 1. The molecule has 0 aliphatic heterocycles. The number of aryl methyl sites for hydroxylation is 1. The molecule has 18 heavy (non-hydrogen) atoms. The van der Waals surface area contributed by atoms with Gasteiger partial charge in [-0.15, -0.1) is 11.6 Å². The topological polar surface area (TPSA) is 37.4 Å². The van der Waals surface area contributed by atoms with Crippen molar-refractivity contribution in [3.8, 4) is 0 Å². The Morgan fingerprint density at radius 3 is 2.61 bits per heavy atom. The van der Waals surface area contributed by atoms with Crippen LogP contribution in [0.15, 0.2) is 29.2 Å². The molecule has 0 atom stereocenters. The lowest BCUT2D eigenvalue weighted by Crippen LogP contribution is -2.37. The standard InChI is InChI=1S/C13H18ClNO2S/c1-10-4-3-5-13(6-10)18(16,17)15(2)9-11-7-12(14)8-11/h3-6,11-12H,7-9H2,1-2H3. The molecule has 5 heteroatoms. The molecule has 0 saturated heterocycles. The van der Waals surface area contributed by atoms with Gasteiger partial charge in [0, 0.05) is 19.0 Å². The summed E-state index contributed by atoms with van der Waals surface area (Å²) in [4.78, 5) is 0.367. The summed E-state index contributed by atoms with van der Waals surface area (Å²) < 4.78 is 26.1. The van der Waals surface area contributed by atoms with Crippen molar-refractivity contribution in [2.24, 2.45) is 5.92 Å². The Hall–Kier alpha value is -0.580. The first-order chi connectivity index (χ1) is 8.39. The predicted molar refractivity (Wildman–Crippen MR) is 73.4 cm³/mol. The lowest BCUT2D eigenvalue weighted by molar-refractivity contribution is 0.268. The van der Waals surface area contributed by atoms with Crippen LogP contribution in [0, 0.1) is 12.8 Å². The maximum Gasteiger partial charge on any atom is 0.242 e. The van der Waals surface area contributed by atoms with Crippen LogP contribution in [0.5, 0.6) is 0 Å². The summed E-state index contributed by atoms with van der Waals surface area (Å²) in [5.74, 6) is 0.400. The van der Waals surface area contributed by atoms with Crippen LogP contribution in [0.3, 0.4) is 0 Å². The quantitative estimate of drug-likeness (QED) is 0.799. The Kier molecular flexibility index (Phi) is 3.99. The molecule has 0 radical (unpaired) electrons. The molecule has 0 aromatic heterocycles. The van der Waals surface area contributed by atoms with Crippen molar-refractivity contribution in [2.45, 2.75) is 30.0 Å². The van der Waals surface area contributed by atoms with Crippen molar-refractivity contribution in [1.82, 2.24) is 4.31 Å². The number of rotatable bonds is 4. The fourth-order valence-electron chi connectivity index (χ4n) is 2.22. The molecule has 0 spiro atoms. The van der Waals surface area contributed by atoms with Crippen LogP contribution < -0.4 is 0 Å². The van der Waals surface area contributed by atoms with Crippen LogP contribution in [0.2, 0.25) is 0 Å². The van der Waals surface area contributed by atoms with Gasteiger partial charge in [-0.1, -0.05) is 12.1 Å². The highest BCUT2D eigenvalue weighted by Crippen LogP contribution is 2.33. The lowest BCUT2D eigenvalue weighted by atomic mass is 9.85. The first kappa shape index (κ1) is 13.8. The Morgan fingerprint density at radius 2 is 2.06 bits per heavy atom. The summed E-state index contributed by atoms with van der Waals surface area (Å²) in [5.41, 5.74) is 0.953. The molecule has 1 aromatic rings. The molecule has 1 aromatic carbocycles. The van der Waals surface area contributed by atoms with Gasteiger partial charge in [-0.2, -0.15) is 0 Å². The third-order valence-electron chi connectivity index (χ3n) is 3.39. The summed E-state index contributed by atoms with van der Waals surface area (Å²) in [6.45, 7) is 2.45. The summed E-state index contributed by atoms with van der Waals surface area (Å²) in [7, 11) is -1.72. The van der Waals surface area contributed by atoms with Crippen molar-refractivity contribution in [3.05, 3.63) is 29.8 Å². The number of sulfonamides is 1. The number of benzene rings is 1. The number of hydrogen-bond acceptors (Lipinski definition) is 2. The number of alkyl halides is 1. The van der Waals surface area contributed by atoms with Crippen molar-refractivity contribution in [1.29, 1.82) is 0 Å². The molecule has 0 bridgehead atoms. The molecule has 1 aliphatic rings. The van der Waals surface area contributed by atoms with Gasteiger partial charge in [0.1, 0.15) is 0 Å². The van der Waals surface area contributed by atoms with Gasteiger partial charge in [-0.3, -0.25) is 0 Å². The summed E-state index contributed by atoms with van der Waals surface area (Å²) in [6, 6.07) is 7.01. The molecule has 1 aliphatic carbocycles.